The van der Waals surface area contributed by atoms with Crippen LogP contribution in [0.5, 0.6) is 0 Å². The van der Waals surface area contributed by atoms with E-state index in [1.165, 1.54) is 13.1 Å². The average molecular weight is 341 g/mol. The van der Waals surface area contributed by atoms with Crippen LogP contribution < -0.4 is 11.1 Å². The number of sulfone groups is 1. The lowest BCUT2D eigenvalue weighted by Gasteiger charge is -2.13. The van der Waals surface area contributed by atoms with E-state index < -0.39 is 20.2 Å². The monoisotopic (exact) mass is 340 g/mol. The molecule has 0 heterocycles. The smallest absolute Gasteiger partial charge is 0.399 e. The zero-order chi connectivity index (χ0) is 13.3. The largest absolute Gasteiger partial charge is 0.501 e. The minimum atomic E-state index is -5.34. The lowest BCUT2D eigenvalue weighted by atomic mass is 10.2. The molecule has 0 aliphatic carbocycles. The maximum absolute atomic E-state index is 12.4. The van der Waals surface area contributed by atoms with Gasteiger partial charge in [-0.05, 0) is 30.8 Å². The number of alkyl halides is 3. The second-order valence-electron chi connectivity index (χ2n) is 3.35. The molecule has 19 heavy (non-hydrogen) atoms. The topological polar surface area (TPSA) is 72.2 Å². The highest BCUT2D eigenvalue weighted by Crippen LogP contribution is 2.32. The quantitative estimate of drug-likeness (QED) is 0.827. The average Bonchev–Trinajstić information content (AvgIpc) is 2.16. The molecule has 0 unspecified atom stereocenters. The normalized spacial score (nSPS) is 11.4. The second-order valence-corrected chi connectivity index (χ2v) is 5.26. The van der Waals surface area contributed by atoms with Gasteiger partial charge in [0.05, 0.1) is 4.90 Å². The molecule has 1 aromatic rings. The van der Waals surface area contributed by atoms with Crippen LogP contribution in [-0.2, 0) is 16.4 Å². The van der Waals surface area contributed by atoms with E-state index in [4.69, 9.17) is 5.73 Å². The van der Waals surface area contributed by atoms with E-state index in [1.54, 1.807) is 0 Å². The number of nitrogens with two attached hydrogens (primary N) is 1. The highest BCUT2D eigenvalue weighted by Gasteiger charge is 2.47. The summed E-state index contributed by atoms with van der Waals surface area (Å²) in [5, 5.41) is 2.59. The summed E-state index contributed by atoms with van der Waals surface area (Å²) >= 11 is 0. The Balaban J connectivity index is 0. The molecule has 3 N–H and O–H groups in total. The van der Waals surface area contributed by atoms with E-state index in [0.717, 1.165) is 12.1 Å². The number of benzene rings is 1. The fourth-order valence-electron chi connectivity index (χ4n) is 1.31. The molecule has 0 aliphatic heterocycles. The van der Waals surface area contributed by atoms with Gasteiger partial charge in [-0.15, -0.1) is 24.8 Å². The molecule has 0 aromatic heterocycles. The van der Waals surface area contributed by atoms with Crippen molar-refractivity contribution in [1.29, 1.82) is 0 Å². The number of nitrogens with one attached hydrogen (secondary N) is 1. The zero-order valence-electron chi connectivity index (χ0n) is 9.69. The molecule has 10 heteroatoms. The number of anilines is 1. The Morgan fingerprint density at radius 2 is 1.79 bits per heavy atom. The van der Waals surface area contributed by atoms with Crippen molar-refractivity contribution >= 4 is 40.3 Å². The highest BCUT2D eigenvalue weighted by molar-refractivity contribution is 7.92. The molecular formula is C9H13Cl2F3N2O2S. The zero-order valence-corrected chi connectivity index (χ0v) is 12.1. The highest BCUT2D eigenvalue weighted by atomic mass is 35.5. The van der Waals surface area contributed by atoms with Gasteiger partial charge < -0.3 is 11.1 Å². The Labute approximate surface area is 121 Å². The van der Waals surface area contributed by atoms with Gasteiger partial charge in [0.25, 0.3) is 9.84 Å². The summed E-state index contributed by atoms with van der Waals surface area (Å²) in [4.78, 5) is -0.770. The maximum atomic E-state index is 12.4. The van der Waals surface area contributed by atoms with E-state index in [2.05, 4.69) is 5.32 Å². The van der Waals surface area contributed by atoms with Gasteiger partial charge in [-0.3, -0.25) is 0 Å². The Bertz CT molecular complexity index is 521. The summed E-state index contributed by atoms with van der Waals surface area (Å²) in [6.07, 6.45) is 0. The van der Waals surface area contributed by atoms with Crippen LogP contribution in [0.4, 0.5) is 18.9 Å². The molecule has 0 saturated heterocycles. The van der Waals surface area contributed by atoms with Gasteiger partial charge in [0.1, 0.15) is 0 Å². The molecule has 4 nitrogen and oxygen atoms in total. The first-order chi connectivity index (χ1) is 7.70. The fraction of sp³-hybridized carbons (Fsp3) is 0.333. The van der Waals surface area contributed by atoms with E-state index >= 15 is 0 Å². The molecule has 0 bridgehead atoms. The van der Waals surface area contributed by atoms with Crippen molar-refractivity contribution in [2.75, 3.05) is 12.8 Å². The number of hydrogen-bond donors (Lipinski definition) is 2. The van der Waals surface area contributed by atoms with Crippen LogP contribution in [0.3, 0.4) is 0 Å². The van der Waals surface area contributed by atoms with Gasteiger partial charge >= 0.3 is 5.51 Å². The first-order valence-corrected chi connectivity index (χ1v) is 6.03. The molecular weight excluding hydrogens is 328 g/mol. The Kier molecular flexibility index (Phi) is 7.79. The molecule has 0 aliphatic rings. The number of nitrogen functional groups attached to an aromatic ring is 1. The predicted molar refractivity (Wildman–Crippen MR) is 71.4 cm³/mol. The lowest BCUT2D eigenvalue weighted by Crippen LogP contribution is -2.25. The first kappa shape index (κ1) is 20.6. The Morgan fingerprint density at radius 3 is 2.21 bits per heavy atom. The van der Waals surface area contributed by atoms with Crippen molar-refractivity contribution < 1.29 is 21.6 Å². The SMILES string of the molecule is CNCc1cc(N)ccc1S(=O)(=O)C(F)(F)F.Cl.Cl. The molecule has 0 fully saturated rings. The van der Waals surface area contributed by atoms with Gasteiger partial charge in [0.15, 0.2) is 0 Å². The van der Waals surface area contributed by atoms with Crippen molar-refractivity contribution in [2.24, 2.45) is 0 Å². The summed E-state index contributed by atoms with van der Waals surface area (Å²) in [6, 6.07) is 3.19. The van der Waals surface area contributed by atoms with Crippen molar-refractivity contribution in [3.8, 4) is 0 Å². The third-order valence-corrected chi connectivity index (χ3v) is 3.63. The summed E-state index contributed by atoms with van der Waals surface area (Å²) in [6.45, 7) is -0.0182. The molecule has 0 saturated carbocycles. The van der Waals surface area contributed by atoms with Gasteiger partial charge in [-0.25, -0.2) is 8.42 Å². The van der Waals surface area contributed by atoms with Crippen LogP contribution in [0.15, 0.2) is 23.1 Å². The third kappa shape index (κ3) is 4.41. The summed E-state index contributed by atoms with van der Waals surface area (Å²) in [5.41, 5.74) is 0.288. The van der Waals surface area contributed by atoms with Crippen molar-refractivity contribution in [3.05, 3.63) is 23.8 Å². The minimum absolute atomic E-state index is 0. The molecule has 0 spiro atoms. The van der Waals surface area contributed by atoms with Gasteiger partial charge in [-0.1, -0.05) is 0 Å². The lowest BCUT2D eigenvalue weighted by molar-refractivity contribution is -0.0436. The van der Waals surface area contributed by atoms with Crippen LogP contribution in [0, 0.1) is 0 Å². The summed E-state index contributed by atoms with van der Waals surface area (Å²) in [5.74, 6) is 0. The molecule has 112 valence electrons. The molecule has 0 radical (unpaired) electrons. The van der Waals surface area contributed by atoms with Crippen LogP contribution in [0.2, 0.25) is 0 Å². The summed E-state index contributed by atoms with van der Waals surface area (Å²) in [7, 11) is -3.85. The van der Waals surface area contributed by atoms with Gasteiger partial charge in [0.2, 0.25) is 0 Å². The predicted octanol–water partition coefficient (Wildman–Crippen LogP) is 2.13. The standard InChI is InChI=1S/C9H11F3N2O2S.2ClH/c1-14-5-6-4-7(13)2-3-8(6)17(15,16)9(10,11)12;;/h2-4,14H,5,13H2,1H3;2*1H. The van der Waals surface area contributed by atoms with Crippen LogP contribution >= 0.6 is 24.8 Å². The van der Waals surface area contributed by atoms with Gasteiger partial charge in [0, 0.05) is 12.2 Å². The minimum Gasteiger partial charge on any atom is -0.399 e. The molecule has 1 aromatic carbocycles. The van der Waals surface area contributed by atoms with E-state index in [-0.39, 0.29) is 42.6 Å². The van der Waals surface area contributed by atoms with Crippen molar-refractivity contribution in [3.63, 3.8) is 0 Å². The van der Waals surface area contributed by atoms with Crippen LogP contribution in [0.25, 0.3) is 0 Å². The molecule has 0 atom stereocenters. The van der Waals surface area contributed by atoms with Gasteiger partial charge in [-0.2, -0.15) is 13.2 Å². The summed E-state index contributed by atoms with van der Waals surface area (Å²) < 4.78 is 59.7. The molecule has 1 rings (SSSR count). The number of rotatable bonds is 3. The van der Waals surface area contributed by atoms with Crippen LogP contribution in [0.1, 0.15) is 5.56 Å². The number of halogens is 5. The van der Waals surface area contributed by atoms with E-state index in [0.29, 0.717) is 0 Å². The van der Waals surface area contributed by atoms with Crippen molar-refractivity contribution in [2.45, 2.75) is 16.9 Å². The molecule has 0 amide bonds. The van der Waals surface area contributed by atoms with Crippen molar-refractivity contribution in [1.82, 2.24) is 5.32 Å². The van der Waals surface area contributed by atoms with E-state index in [1.807, 2.05) is 0 Å². The van der Waals surface area contributed by atoms with Crippen LogP contribution in [-0.4, -0.2) is 21.0 Å². The second kappa shape index (κ2) is 7.18. The Hall–Kier alpha value is -0.700. The maximum Gasteiger partial charge on any atom is 0.501 e. The van der Waals surface area contributed by atoms with E-state index in [9.17, 15) is 21.6 Å². The number of hydrogen-bond acceptors (Lipinski definition) is 4. The Morgan fingerprint density at radius 1 is 1.26 bits per heavy atom. The fourth-order valence-corrected chi connectivity index (χ4v) is 2.29. The third-order valence-electron chi connectivity index (χ3n) is 2.05. The first-order valence-electron chi connectivity index (χ1n) is 4.54.